The van der Waals surface area contributed by atoms with Gasteiger partial charge in [-0.25, -0.2) is 0 Å². The van der Waals surface area contributed by atoms with Crippen molar-refractivity contribution in [2.45, 2.75) is 19.4 Å². The van der Waals surface area contributed by atoms with E-state index in [9.17, 15) is 4.79 Å². The SMILES string of the molecule is CCOC(=O)C(N)Cc1c(Cl)sc(Cl)c1Cl. The van der Waals surface area contributed by atoms with E-state index in [1.807, 2.05) is 0 Å². The molecule has 1 unspecified atom stereocenters. The first-order chi connectivity index (χ1) is 7.47. The molecule has 0 saturated carbocycles. The first kappa shape index (κ1) is 14.1. The monoisotopic (exact) mass is 301 g/mol. The van der Waals surface area contributed by atoms with Gasteiger partial charge in [0.2, 0.25) is 0 Å². The van der Waals surface area contributed by atoms with Crippen LogP contribution in [0, 0.1) is 0 Å². The zero-order chi connectivity index (χ0) is 12.3. The summed E-state index contributed by atoms with van der Waals surface area (Å²) in [6.07, 6.45) is 0.222. The maximum Gasteiger partial charge on any atom is 0.323 e. The normalized spacial score (nSPS) is 12.6. The van der Waals surface area contributed by atoms with Crippen molar-refractivity contribution < 1.29 is 9.53 Å². The predicted molar refractivity (Wildman–Crippen MR) is 67.7 cm³/mol. The van der Waals surface area contributed by atoms with Gasteiger partial charge < -0.3 is 10.5 Å². The van der Waals surface area contributed by atoms with Crippen molar-refractivity contribution in [3.05, 3.63) is 19.3 Å². The molecular weight excluding hydrogens is 293 g/mol. The van der Waals surface area contributed by atoms with Crippen molar-refractivity contribution in [3.63, 3.8) is 0 Å². The molecule has 0 amide bonds. The zero-order valence-electron chi connectivity index (χ0n) is 8.43. The number of hydrogen-bond acceptors (Lipinski definition) is 4. The van der Waals surface area contributed by atoms with E-state index in [2.05, 4.69) is 0 Å². The average Bonchev–Trinajstić information content (AvgIpc) is 2.45. The van der Waals surface area contributed by atoms with Crippen LogP contribution < -0.4 is 5.73 Å². The van der Waals surface area contributed by atoms with Crippen molar-refractivity contribution in [2.75, 3.05) is 6.61 Å². The first-order valence-electron chi connectivity index (χ1n) is 4.51. The van der Waals surface area contributed by atoms with Gasteiger partial charge in [-0.2, -0.15) is 0 Å². The lowest BCUT2D eigenvalue weighted by Crippen LogP contribution is -2.34. The molecule has 0 bridgehead atoms. The van der Waals surface area contributed by atoms with Crippen LogP contribution in [0.4, 0.5) is 0 Å². The highest BCUT2D eigenvalue weighted by atomic mass is 35.5. The van der Waals surface area contributed by atoms with Crippen molar-refractivity contribution in [2.24, 2.45) is 5.73 Å². The number of thiophene rings is 1. The molecule has 3 nitrogen and oxygen atoms in total. The minimum atomic E-state index is -0.777. The number of carbonyl (C=O) groups is 1. The molecule has 1 aromatic rings. The molecular formula is C9H10Cl3NO2S. The van der Waals surface area contributed by atoms with Gasteiger partial charge in [0, 0.05) is 12.0 Å². The molecule has 0 radical (unpaired) electrons. The van der Waals surface area contributed by atoms with Crippen LogP contribution in [0.15, 0.2) is 0 Å². The van der Waals surface area contributed by atoms with Crippen LogP contribution in [-0.2, 0) is 16.0 Å². The fourth-order valence-corrected chi connectivity index (χ4v) is 3.05. The largest absolute Gasteiger partial charge is 0.465 e. The Morgan fingerprint density at radius 1 is 1.44 bits per heavy atom. The molecule has 0 aliphatic heterocycles. The Morgan fingerprint density at radius 3 is 2.50 bits per heavy atom. The maximum absolute atomic E-state index is 11.3. The van der Waals surface area contributed by atoms with Crippen LogP contribution in [0.1, 0.15) is 12.5 Å². The fraction of sp³-hybridized carbons (Fsp3) is 0.444. The Kier molecular flexibility index (Phi) is 5.34. The third-order valence-corrected chi connectivity index (χ3v) is 4.18. The minimum absolute atomic E-state index is 0.222. The van der Waals surface area contributed by atoms with Gasteiger partial charge in [-0.05, 0) is 6.92 Å². The topological polar surface area (TPSA) is 52.3 Å². The van der Waals surface area contributed by atoms with E-state index in [-0.39, 0.29) is 6.42 Å². The lowest BCUT2D eigenvalue weighted by atomic mass is 10.1. The summed E-state index contributed by atoms with van der Waals surface area (Å²) in [7, 11) is 0. The van der Waals surface area contributed by atoms with Gasteiger partial charge in [0.05, 0.1) is 16.0 Å². The Hall–Kier alpha value is -0.000000000000000111. The number of carbonyl (C=O) groups excluding carboxylic acids is 1. The molecule has 90 valence electrons. The second-order valence-electron chi connectivity index (χ2n) is 3.00. The summed E-state index contributed by atoms with van der Waals surface area (Å²) in [5.74, 6) is -0.475. The van der Waals surface area contributed by atoms with Crippen LogP contribution >= 0.6 is 46.1 Å². The zero-order valence-corrected chi connectivity index (χ0v) is 11.5. The Bertz CT molecular complexity index is 394. The van der Waals surface area contributed by atoms with Gasteiger partial charge in [-0.1, -0.05) is 34.8 Å². The van der Waals surface area contributed by atoms with E-state index in [4.69, 9.17) is 45.3 Å². The van der Waals surface area contributed by atoms with Crippen molar-refractivity contribution in [3.8, 4) is 0 Å². The smallest absolute Gasteiger partial charge is 0.323 e. The van der Waals surface area contributed by atoms with Gasteiger partial charge in [-0.3, -0.25) is 4.79 Å². The maximum atomic E-state index is 11.3. The number of hydrogen-bond donors (Lipinski definition) is 1. The van der Waals surface area contributed by atoms with Gasteiger partial charge in [-0.15, -0.1) is 11.3 Å². The quantitative estimate of drug-likeness (QED) is 0.869. The van der Waals surface area contributed by atoms with E-state index < -0.39 is 12.0 Å². The predicted octanol–water partition coefficient (Wildman–Crippen LogP) is 3.14. The summed E-state index contributed by atoms with van der Waals surface area (Å²) in [5, 5.41) is 0.358. The van der Waals surface area contributed by atoms with Gasteiger partial charge in [0.25, 0.3) is 0 Å². The van der Waals surface area contributed by atoms with Crippen LogP contribution in [0.3, 0.4) is 0 Å². The molecule has 1 aromatic heterocycles. The van der Waals surface area contributed by atoms with Crippen molar-refractivity contribution in [1.29, 1.82) is 0 Å². The lowest BCUT2D eigenvalue weighted by molar-refractivity contribution is -0.144. The number of esters is 1. The molecule has 1 atom stereocenters. The molecule has 2 N–H and O–H groups in total. The molecule has 0 fully saturated rings. The van der Waals surface area contributed by atoms with E-state index >= 15 is 0 Å². The highest BCUT2D eigenvalue weighted by Gasteiger charge is 2.21. The van der Waals surface area contributed by atoms with Crippen LogP contribution in [0.5, 0.6) is 0 Å². The lowest BCUT2D eigenvalue weighted by Gasteiger charge is -2.10. The van der Waals surface area contributed by atoms with E-state index in [1.54, 1.807) is 6.92 Å². The van der Waals surface area contributed by atoms with Crippen LogP contribution in [0.2, 0.25) is 13.7 Å². The standard InChI is InChI=1S/C9H10Cl3NO2S/c1-2-15-9(14)5(13)3-4-6(10)8(12)16-7(4)11/h5H,2-3,13H2,1H3. The van der Waals surface area contributed by atoms with E-state index in [0.717, 1.165) is 11.3 Å². The molecule has 16 heavy (non-hydrogen) atoms. The summed E-state index contributed by atoms with van der Waals surface area (Å²) < 4.78 is 5.64. The van der Waals surface area contributed by atoms with E-state index in [0.29, 0.717) is 25.9 Å². The molecule has 0 saturated heterocycles. The van der Waals surface area contributed by atoms with Crippen LogP contribution in [-0.4, -0.2) is 18.6 Å². The Labute approximate surface area is 112 Å². The molecule has 1 rings (SSSR count). The summed E-state index contributed by atoms with van der Waals surface area (Å²) in [6, 6.07) is -0.777. The molecule has 1 heterocycles. The number of nitrogens with two attached hydrogens (primary N) is 1. The summed E-state index contributed by atoms with van der Waals surface area (Å²) >= 11 is 18.8. The highest BCUT2D eigenvalue weighted by molar-refractivity contribution is 7.20. The molecule has 7 heteroatoms. The molecule has 0 aliphatic rings. The summed E-state index contributed by atoms with van der Waals surface area (Å²) in [4.78, 5) is 11.3. The summed E-state index contributed by atoms with van der Waals surface area (Å²) in [5.41, 5.74) is 6.25. The minimum Gasteiger partial charge on any atom is -0.465 e. The Balaban J connectivity index is 2.76. The third kappa shape index (κ3) is 3.25. The van der Waals surface area contributed by atoms with Gasteiger partial charge >= 0.3 is 5.97 Å². The van der Waals surface area contributed by atoms with Crippen molar-refractivity contribution >= 4 is 52.1 Å². The number of ether oxygens (including phenoxy) is 1. The van der Waals surface area contributed by atoms with Gasteiger partial charge in [0.1, 0.15) is 10.4 Å². The second kappa shape index (κ2) is 6.07. The fourth-order valence-electron chi connectivity index (χ4n) is 1.11. The number of rotatable bonds is 4. The van der Waals surface area contributed by atoms with Crippen LogP contribution in [0.25, 0.3) is 0 Å². The first-order valence-corrected chi connectivity index (χ1v) is 6.46. The molecule has 0 spiro atoms. The average molecular weight is 303 g/mol. The third-order valence-electron chi connectivity index (χ3n) is 1.87. The van der Waals surface area contributed by atoms with Crippen molar-refractivity contribution in [1.82, 2.24) is 0 Å². The Morgan fingerprint density at radius 2 is 2.06 bits per heavy atom. The number of halogens is 3. The highest BCUT2D eigenvalue weighted by Crippen LogP contribution is 2.40. The van der Waals surface area contributed by atoms with Gasteiger partial charge in [0.15, 0.2) is 0 Å². The summed E-state index contributed by atoms with van der Waals surface area (Å²) in [6.45, 7) is 2.00. The molecule has 0 aliphatic carbocycles. The second-order valence-corrected chi connectivity index (χ2v) is 5.61. The molecule has 0 aromatic carbocycles. The van der Waals surface area contributed by atoms with E-state index in [1.165, 1.54) is 0 Å².